The van der Waals surface area contributed by atoms with Gasteiger partial charge in [-0.05, 0) is 30.7 Å². The van der Waals surface area contributed by atoms with Crippen molar-refractivity contribution in [2.75, 3.05) is 11.4 Å². The minimum atomic E-state index is -0.448. The van der Waals surface area contributed by atoms with Crippen molar-refractivity contribution >= 4 is 27.6 Å². The van der Waals surface area contributed by atoms with Crippen LogP contribution in [0.25, 0.3) is 0 Å². The molecule has 0 aromatic heterocycles. The largest absolute Gasteiger partial charge is 0.351 e. The highest BCUT2D eigenvalue weighted by molar-refractivity contribution is 9.10. The van der Waals surface area contributed by atoms with Gasteiger partial charge in [-0.2, -0.15) is 0 Å². The third-order valence-electron chi connectivity index (χ3n) is 1.79. The standard InChI is InChI=1S/C10H12BrN2O/c1-2-7-13(10(12)14)9-5-3-8(11)4-6-9/h3-6H,1-2,7H2,(H2,12,14). The number of nitrogens with two attached hydrogens (primary N) is 1. The van der Waals surface area contributed by atoms with Crippen LogP contribution in [-0.2, 0) is 0 Å². The predicted molar refractivity (Wildman–Crippen MR) is 61.0 cm³/mol. The molecule has 1 radical (unpaired) electrons. The summed E-state index contributed by atoms with van der Waals surface area (Å²) in [7, 11) is 0. The first-order valence-electron chi connectivity index (χ1n) is 4.27. The lowest BCUT2D eigenvalue weighted by Gasteiger charge is -2.19. The molecular formula is C10H12BrN2O. The van der Waals surface area contributed by atoms with Crippen molar-refractivity contribution in [2.45, 2.75) is 6.42 Å². The zero-order chi connectivity index (χ0) is 10.6. The quantitative estimate of drug-likeness (QED) is 0.887. The van der Waals surface area contributed by atoms with Gasteiger partial charge in [0, 0.05) is 16.7 Å². The van der Waals surface area contributed by atoms with Gasteiger partial charge in [0.25, 0.3) is 0 Å². The van der Waals surface area contributed by atoms with E-state index in [9.17, 15) is 4.79 Å². The van der Waals surface area contributed by atoms with Crippen LogP contribution in [0.4, 0.5) is 10.5 Å². The number of halogens is 1. The number of urea groups is 1. The van der Waals surface area contributed by atoms with Crippen LogP contribution in [0.3, 0.4) is 0 Å². The van der Waals surface area contributed by atoms with E-state index in [2.05, 4.69) is 22.9 Å². The van der Waals surface area contributed by atoms with Crippen LogP contribution >= 0.6 is 15.9 Å². The van der Waals surface area contributed by atoms with Crippen molar-refractivity contribution in [3.05, 3.63) is 35.7 Å². The molecular weight excluding hydrogens is 244 g/mol. The van der Waals surface area contributed by atoms with Gasteiger partial charge in [-0.1, -0.05) is 22.9 Å². The SMILES string of the molecule is [CH2]CCN(C(N)=O)c1ccc(Br)cc1. The normalized spacial score (nSPS) is 9.86. The molecule has 14 heavy (non-hydrogen) atoms. The zero-order valence-electron chi connectivity index (χ0n) is 7.74. The minimum Gasteiger partial charge on any atom is -0.351 e. The van der Waals surface area contributed by atoms with E-state index in [1.165, 1.54) is 4.90 Å². The fourth-order valence-electron chi connectivity index (χ4n) is 1.15. The Hall–Kier alpha value is -1.03. The lowest BCUT2D eigenvalue weighted by molar-refractivity contribution is 0.254. The molecule has 1 aromatic carbocycles. The summed E-state index contributed by atoms with van der Waals surface area (Å²) in [6.07, 6.45) is 0.638. The van der Waals surface area contributed by atoms with E-state index in [1.54, 1.807) is 0 Å². The van der Waals surface area contributed by atoms with Crippen LogP contribution < -0.4 is 10.6 Å². The number of benzene rings is 1. The predicted octanol–water partition coefficient (Wildman–Crippen LogP) is 2.56. The summed E-state index contributed by atoms with van der Waals surface area (Å²) < 4.78 is 0.972. The van der Waals surface area contributed by atoms with E-state index in [1.807, 2.05) is 24.3 Å². The van der Waals surface area contributed by atoms with Gasteiger partial charge in [-0.15, -0.1) is 0 Å². The maximum atomic E-state index is 11.1. The number of hydrogen-bond acceptors (Lipinski definition) is 1. The molecule has 0 atom stereocenters. The minimum absolute atomic E-state index is 0.448. The van der Waals surface area contributed by atoms with Crippen molar-refractivity contribution in [1.29, 1.82) is 0 Å². The average Bonchev–Trinajstić information content (AvgIpc) is 2.15. The molecule has 0 heterocycles. The van der Waals surface area contributed by atoms with Crippen LogP contribution in [0.15, 0.2) is 28.7 Å². The lowest BCUT2D eigenvalue weighted by atomic mass is 10.3. The van der Waals surface area contributed by atoms with Crippen molar-refractivity contribution in [3.8, 4) is 0 Å². The lowest BCUT2D eigenvalue weighted by Crippen LogP contribution is -2.36. The summed E-state index contributed by atoms with van der Waals surface area (Å²) in [4.78, 5) is 12.6. The van der Waals surface area contributed by atoms with Crippen LogP contribution in [0, 0.1) is 6.92 Å². The molecule has 0 saturated heterocycles. The van der Waals surface area contributed by atoms with Crippen LogP contribution in [0.5, 0.6) is 0 Å². The van der Waals surface area contributed by atoms with E-state index < -0.39 is 6.03 Å². The summed E-state index contributed by atoms with van der Waals surface area (Å²) in [5, 5.41) is 0. The van der Waals surface area contributed by atoms with Gasteiger partial charge in [-0.3, -0.25) is 4.90 Å². The molecule has 2 amide bonds. The summed E-state index contributed by atoms with van der Waals surface area (Å²) in [5.74, 6) is 0. The van der Waals surface area contributed by atoms with Gasteiger partial charge in [0.2, 0.25) is 0 Å². The molecule has 0 aliphatic carbocycles. The number of hydrogen-bond donors (Lipinski definition) is 1. The van der Waals surface area contributed by atoms with E-state index in [0.29, 0.717) is 13.0 Å². The molecule has 75 valence electrons. The van der Waals surface area contributed by atoms with Gasteiger partial charge >= 0.3 is 6.03 Å². The van der Waals surface area contributed by atoms with E-state index in [0.717, 1.165) is 10.2 Å². The van der Waals surface area contributed by atoms with Gasteiger partial charge in [0.05, 0.1) is 0 Å². The molecule has 1 rings (SSSR count). The third-order valence-corrected chi connectivity index (χ3v) is 2.31. The third kappa shape index (κ3) is 2.73. The molecule has 4 heteroatoms. The maximum Gasteiger partial charge on any atom is 0.319 e. The van der Waals surface area contributed by atoms with Crippen molar-refractivity contribution in [2.24, 2.45) is 5.73 Å². The number of amides is 2. The second kappa shape index (κ2) is 5.00. The van der Waals surface area contributed by atoms with Gasteiger partial charge in [0.15, 0.2) is 0 Å². The molecule has 0 fully saturated rings. The fourth-order valence-corrected chi connectivity index (χ4v) is 1.41. The van der Waals surface area contributed by atoms with Gasteiger partial charge in [0.1, 0.15) is 0 Å². The van der Waals surface area contributed by atoms with Gasteiger partial charge in [-0.25, -0.2) is 4.79 Å². The number of carbonyl (C=O) groups is 1. The Bertz CT molecular complexity index is 310. The molecule has 0 aliphatic heterocycles. The average molecular weight is 256 g/mol. The fraction of sp³-hybridized carbons (Fsp3) is 0.200. The van der Waals surface area contributed by atoms with Crippen molar-refractivity contribution in [3.63, 3.8) is 0 Å². The number of nitrogens with zero attached hydrogens (tertiary/aromatic N) is 1. The first kappa shape index (κ1) is 11.0. The Balaban J connectivity index is 2.87. The van der Waals surface area contributed by atoms with E-state index >= 15 is 0 Å². The maximum absolute atomic E-state index is 11.1. The molecule has 0 unspecified atom stereocenters. The monoisotopic (exact) mass is 255 g/mol. The summed E-state index contributed by atoms with van der Waals surface area (Å²) in [5.41, 5.74) is 6.04. The molecule has 1 aromatic rings. The number of rotatable bonds is 3. The number of primary amides is 1. The Labute approximate surface area is 92.0 Å². The Morgan fingerprint density at radius 3 is 2.43 bits per heavy atom. The summed E-state index contributed by atoms with van der Waals surface area (Å²) in [6, 6.07) is 6.97. The van der Waals surface area contributed by atoms with Gasteiger partial charge < -0.3 is 5.73 Å². The molecule has 0 spiro atoms. The highest BCUT2D eigenvalue weighted by atomic mass is 79.9. The second-order valence-corrected chi connectivity index (χ2v) is 3.74. The molecule has 0 aliphatic rings. The second-order valence-electron chi connectivity index (χ2n) is 2.82. The smallest absolute Gasteiger partial charge is 0.319 e. The molecule has 3 nitrogen and oxygen atoms in total. The number of anilines is 1. The van der Waals surface area contributed by atoms with Crippen molar-refractivity contribution in [1.82, 2.24) is 0 Å². The molecule has 0 saturated carbocycles. The van der Waals surface area contributed by atoms with E-state index in [4.69, 9.17) is 5.73 Å². The first-order chi connectivity index (χ1) is 6.65. The van der Waals surface area contributed by atoms with Crippen molar-refractivity contribution < 1.29 is 4.79 Å². The Kier molecular flexibility index (Phi) is 3.95. The Morgan fingerprint density at radius 1 is 1.43 bits per heavy atom. The highest BCUT2D eigenvalue weighted by Gasteiger charge is 2.10. The molecule has 0 bridgehead atoms. The first-order valence-corrected chi connectivity index (χ1v) is 5.06. The Morgan fingerprint density at radius 2 is 2.00 bits per heavy atom. The van der Waals surface area contributed by atoms with Crippen LogP contribution in [-0.4, -0.2) is 12.6 Å². The van der Waals surface area contributed by atoms with Crippen LogP contribution in [0.1, 0.15) is 6.42 Å². The number of carbonyl (C=O) groups excluding carboxylic acids is 1. The zero-order valence-corrected chi connectivity index (χ0v) is 9.33. The van der Waals surface area contributed by atoms with E-state index in [-0.39, 0.29) is 0 Å². The topological polar surface area (TPSA) is 46.3 Å². The highest BCUT2D eigenvalue weighted by Crippen LogP contribution is 2.18. The van der Waals surface area contributed by atoms with Crippen LogP contribution in [0.2, 0.25) is 0 Å². The molecule has 2 N–H and O–H groups in total. The summed E-state index contributed by atoms with van der Waals surface area (Å²) >= 11 is 3.32. The summed E-state index contributed by atoms with van der Waals surface area (Å²) in [6.45, 7) is 4.23.